The first kappa shape index (κ1) is 17.6. The number of nitrogens with one attached hydrogen (secondary N) is 2. The highest BCUT2D eigenvalue weighted by Gasteiger charge is 2.17. The molecule has 0 aromatic heterocycles. The van der Waals surface area contributed by atoms with Gasteiger partial charge in [0.1, 0.15) is 0 Å². The zero-order valence-corrected chi connectivity index (χ0v) is 14.0. The zero-order chi connectivity index (χ0) is 14.6. The van der Waals surface area contributed by atoms with Crippen molar-refractivity contribution in [3.8, 4) is 0 Å². The van der Waals surface area contributed by atoms with Crippen LogP contribution >= 0.6 is 11.8 Å². The second-order valence-corrected chi connectivity index (χ2v) is 6.09. The van der Waals surface area contributed by atoms with Gasteiger partial charge in [-0.3, -0.25) is 4.99 Å². The second-order valence-electron chi connectivity index (χ2n) is 5.10. The average molecular weight is 302 g/mol. The predicted octanol–water partition coefficient (Wildman–Crippen LogP) is 1.02. The van der Waals surface area contributed by atoms with E-state index in [1.807, 2.05) is 11.8 Å². The molecule has 1 heterocycles. The quantitative estimate of drug-likeness (QED) is 0.398. The molecule has 0 bridgehead atoms. The van der Waals surface area contributed by atoms with E-state index in [9.17, 15) is 0 Å². The maximum Gasteiger partial charge on any atom is 0.191 e. The van der Waals surface area contributed by atoms with E-state index >= 15 is 0 Å². The van der Waals surface area contributed by atoms with Gasteiger partial charge in [-0.05, 0) is 38.8 Å². The second kappa shape index (κ2) is 11.2. The lowest BCUT2D eigenvalue weighted by molar-refractivity contribution is -0.0136. The van der Waals surface area contributed by atoms with Gasteiger partial charge in [-0.1, -0.05) is 0 Å². The molecule has 2 N–H and O–H groups in total. The molecule has 0 saturated carbocycles. The van der Waals surface area contributed by atoms with Crippen molar-refractivity contribution in [2.75, 3.05) is 58.4 Å². The summed E-state index contributed by atoms with van der Waals surface area (Å²) in [6.45, 7) is 7.50. The highest BCUT2D eigenvalue weighted by molar-refractivity contribution is 7.98. The number of thioether (sulfide) groups is 1. The molecule has 5 nitrogen and oxygen atoms in total. The monoisotopic (exact) mass is 302 g/mol. The van der Waals surface area contributed by atoms with Crippen LogP contribution in [0.2, 0.25) is 0 Å². The van der Waals surface area contributed by atoms with Crippen LogP contribution < -0.4 is 10.6 Å². The topological polar surface area (TPSA) is 48.9 Å². The van der Waals surface area contributed by atoms with Crippen molar-refractivity contribution in [2.45, 2.75) is 25.9 Å². The summed E-state index contributed by atoms with van der Waals surface area (Å²) in [4.78, 5) is 6.92. The Morgan fingerprint density at radius 1 is 1.40 bits per heavy atom. The van der Waals surface area contributed by atoms with Gasteiger partial charge in [0.05, 0.1) is 19.3 Å². The summed E-state index contributed by atoms with van der Waals surface area (Å²) in [7, 11) is 2.13. The number of hydrogen-bond acceptors (Lipinski definition) is 4. The molecule has 0 spiro atoms. The van der Waals surface area contributed by atoms with Crippen molar-refractivity contribution < 1.29 is 4.74 Å². The molecule has 1 unspecified atom stereocenters. The Labute approximate surface area is 127 Å². The summed E-state index contributed by atoms with van der Waals surface area (Å²) in [5.41, 5.74) is 0. The molecule has 0 amide bonds. The molecule has 118 valence electrons. The number of hydrogen-bond donors (Lipinski definition) is 2. The minimum atomic E-state index is 0.223. The standard InChI is InChI=1S/C14H30N4OS/c1-4-15-14(16-7-5-6-10-20-3)17-11-13-12-18(2)8-9-19-13/h13H,4-12H2,1-3H3,(H2,15,16,17). The molecule has 1 aliphatic heterocycles. The van der Waals surface area contributed by atoms with Gasteiger partial charge < -0.3 is 20.3 Å². The number of guanidine groups is 1. The number of likely N-dealkylation sites (N-methyl/N-ethyl adjacent to an activating group) is 1. The molecule has 1 rings (SSSR count). The van der Waals surface area contributed by atoms with Crippen LogP contribution in [0, 0.1) is 0 Å². The number of ether oxygens (including phenoxy) is 1. The minimum Gasteiger partial charge on any atom is -0.374 e. The number of unbranched alkanes of at least 4 members (excludes halogenated alkanes) is 1. The molecular formula is C14H30N4OS. The highest BCUT2D eigenvalue weighted by Crippen LogP contribution is 2.03. The van der Waals surface area contributed by atoms with E-state index < -0.39 is 0 Å². The molecule has 1 saturated heterocycles. The summed E-state index contributed by atoms with van der Waals surface area (Å²) >= 11 is 1.91. The van der Waals surface area contributed by atoms with Crippen LogP contribution in [0.15, 0.2) is 4.99 Å². The molecule has 0 aromatic carbocycles. The number of morpholine rings is 1. The average Bonchev–Trinajstić information content (AvgIpc) is 2.44. The van der Waals surface area contributed by atoms with Crippen molar-refractivity contribution in [3.63, 3.8) is 0 Å². The van der Waals surface area contributed by atoms with E-state index in [-0.39, 0.29) is 6.10 Å². The van der Waals surface area contributed by atoms with Crippen molar-refractivity contribution in [1.29, 1.82) is 0 Å². The third-order valence-electron chi connectivity index (χ3n) is 3.21. The Morgan fingerprint density at radius 3 is 2.95 bits per heavy atom. The van der Waals surface area contributed by atoms with E-state index in [1.165, 1.54) is 18.6 Å². The largest absolute Gasteiger partial charge is 0.374 e. The van der Waals surface area contributed by atoms with Crippen molar-refractivity contribution in [1.82, 2.24) is 15.5 Å². The zero-order valence-electron chi connectivity index (χ0n) is 13.2. The summed E-state index contributed by atoms with van der Waals surface area (Å²) in [6, 6.07) is 0. The Kier molecular flexibility index (Phi) is 9.87. The molecule has 1 atom stereocenters. The molecular weight excluding hydrogens is 272 g/mol. The summed E-state index contributed by atoms with van der Waals surface area (Å²) < 4.78 is 5.73. The fraction of sp³-hybridized carbons (Fsp3) is 0.929. The Balaban J connectivity index is 2.26. The number of nitrogens with zero attached hydrogens (tertiary/aromatic N) is 2. The van der Waals surface area contributed by atoms with E-state index in [1.54, 1.807) is 0 Å². The van der Waals surface area contributed by atoms with E-state index in [0.29, 0.717) is 0 Å². The molecule has 1 fully saturated rings. The van der Waals surface area contributed by atoms with Gasteiger partial charge in [0.15, 0.2) is 5.96 Å². The highest BCUT2D eigenvalue weighted by atomic mass is 32.2. The smallest absolute Gasteiger partial charge is 0.191 e. The first-order valence-electron chi connectivity index (χ1n) is 7.57. The van der Waals surface area contributed by atoms with E-state index in [0.717, 1.165) is 45.3 Å². The van der Waals surface area contributed by atoms with Gasteiger partial charge in [-0.2, -0.15) is 11.8 Å². The van der Waals surface area contributed by atoms with Crippen molar-refractivity contribution in [2.24, 2.45) is 4.99 Å². The van der Waals surface area contributed by atoms with Crippen LogP contribution in [0.5, 0.6) is 0 Å². The molecule has 6 heteroatoms. The van der Waals surface area contributed by atoms with Gasteiger partial charge in [0.25, 0.3) is 0 Å². The third kappa shape index (κ3) is 7.97. The first-order chi connectivity index (χ1) is 9.76. The van der Waals surface area contributed by atoms with Crippen molar-refractivity contribution in [3.05, 3.63) is 0 Å². The van der Waals surface area contributed by atoms with E-state index in [4.69, 9.17) is 4.74 Å². The first-order valence-corrected chi connectivity index (χ1v) is 8.97. The normalized spacial score (nSPS) is 20.9. The minimum absolute atomic E-state index is 0.223. The molecule has 0 radical (unpaired) electrons. The van der Waals surface area contributed by atoms with Crippen LogP contribution in [0.25, 0.3) is 0 Å². The van der Waals surface area contributed by atoms with Gasteiger partial charge >= 0.3 is 0 Å². The predicted molar refractivity (Wildman–Crippen MR) is 88.8 cm³/mol. The fourth-order valence-electron chi connectivity index (χ4n) is 2.09. The maximum absolute atomic E-state index is 5.73. The lowest BCUT2D eigenvalue weighted by Gasteiger charge is -2.29. The van der Waals surface area contributed by atoms with Crippen LogP contribution in [-0.4, -0.2) is 75.4 Å². The summed E-state index contributed by atoms with van der Waals surface area (Å²) in [5, 5.41) is 6.68. The van der Waals surface area contributed by atoms with Crippen LogP contribution in [-0.2, 0) is 4.74 Å². The fourth-order valence-corrected chi connectivity index (χ4v) is 2.58. The molecule has 0 aliphatic carbocycles. The van der Waals surface area contributed by atoms with E-state index in [2.05, 4.69) is 40.8 Å². The Hall–Kier alpha value is -0.460. The molecule has 0 aromatic rings. The van der Waals surface area contributed by atoms with Crippen LogP contribution in [0.3, 0.4) is 0 Å². The SMILES string of the molecule is CCNC(=NCC1CN(C)CCO1)NCCCCSC. The lowest BCUT2D eigenvalue weighted by atomic mass is 10.3. The Morgan fingerprint density at radius 2 is 2.25 bits per heavy atom. The van der Waals surface area contributed by atoms with Crippen LogP contribution in [0.1, 0.15) is 19.8 Å². The Bertz CT molecular complexity index is 276. The van der Waals surface area contributed by atoms with Gasteiger partial charge in [0.2, 0.25) is 0 Å². The van der Waals surface area contributed by atoms with Gasteiger partial charge in [-0.15, -0.1) is 0 Å². The summed E-state index contributed by atoms with van der Waals surface area (Å²) in [5.74, 6) is 2.14. The van der Waals surface area contributed by atoms with Gasteiger partial charge in [0, 0.05) is 26.2 Å². The molecule has 20 heavy (non-hydrogen) atoms. The van der Waals surface area contributed by atoms with Gasteiger partial charge in [-0.25, -0.2) is 0 Å². The number of aliphatic imine (C=N–C) groups is 1. The maximum atomic E-state index is 5.73. The molecule has 1 aliphatic rings. The lowest BCUT2D eigenvalue weighted by Crippen LogP contribution is -2.43. The third-order valence-corrected chi connectivity index (χ3v) is 3.90. The summed E-state index contributed by atoms with van der Waals surface area (Å²) in [6.07, 6.45) is 4.82. The van der Waals surface area contributed by atoms with Crippen molar-refractivity contribution >= 4 is 17.7 Å². The number of rotatable bonds is 8. The van der Waals surface area contributed by atoms with Crippen LogP contribution in [0.4, 0.5) is 0 Å².